The van der Waals surface area contributed by atoms with Gasteiger partial charge in [-0.05, 0) is 26.2 Å². The second-order valence-electron chi connectivity index (χ2n) is 4.75. The molecule has 1 aromatic rings. The first kappa shape index (κ1) is 13.3. The van der Waals surface area contributed by atoms with Gasteiger partial charge < -0.3 is 20.3 Å². The Kier molecular flexibility index (Phi) is 3.68. The summed E-state index contributed by atoms with van der Waals surface area (Å²) in [5, 5.41) is 17.7. The molecule has 1 aliphatic rings. The van der Waals surface area contributed by atoms with Crippen LogP contribution < -0.4 is 10.6 Å². The number of aliphatic carboxylic acids is 1. The van der Waals surface area contributed by atoms with Gasteiger partial charge in [-0.15, -0.1) is 0 Å². The second kappa shape index (κ2) is 5.25. The summed E-state index contributed by atoms with van der Waals surface area (Å²) < 4.78 is 4.85. The van der Waals surface area contributed by atoms with Gasteiger partial charge in [-0.25, -0.2) is 4.79 Å². The summed E-state index contributed by atoms with van der Waals surface area (Å²) in [6, 6.07) is -0.420. The van der Waals surface area contributed by atoms with E-state index in [1.165, 1.54) is 0 Å². The Morgan fingerprint density at radius 2 is 2.21 bits per heavy atom. The van der Waals surface area contributed by atoms with E-state index >= 15 is 0 Å². The molecule has 2 amide bonds. The Morgan fingerprint density at radius 1 is 1.47 bits per heavy atom. The molecule has 0 aromatic carbocycles. The minimum atomic E-state index is -0.910. The van der Waals surface area contributed by atoms with Gasteiger partial charge in [-0.2, -0.15) is 4.98 Å². The number of aromatic nitrogens is 2. The van der Waals surface area contributed by atoms with Crippen LogP contribution in [0.2, 0.25) is 0 Å². The molecule has 1 aromatic heterocycles. The fourth-order valence-electron chi connectivity index (χ4n) is 2.09. The number of hydrogen-bond acceptors (Lipinski definition) is 5. The largest absolute Gasteiger partial charge is 0.481 e. The number of hydrogen-bond donors (Lipinski definition) is 3. The first-order valence-electron chi connectivity index (χ1n) is 6.06. The van der Waals surface area contributed by atoms with Crippen molar-refractivity contribution < 1.29 is 19.2 Å². The Bertz CT molecular complexity index is 481. The number of nitrogens with one attached hydrogen (secondary N) is 2. The van der Waals surface area contributed by atoms with Crippen molar-refractivity contribution in [3.05, 3.63) is 11.7 Å². The molecule has 19 heavy (non-hydrogen) atoms. The molecule has 8 heteroatoms. The molecule has 0 atom stereocenters. The number of carbonyl (C=O) groups is 2. The van der Waals surface area contributed by atoms with E-state index in [9.17, 15) is 9.59 Å². The van der Waals surface area contributed by atoms with E-state index in [2.05, 4.69) is 20.8 Å². The van der Waals surface area contributed by atoms with Crippen LogP contribution in [0.15, 0.2) is 4.52 Å². The maximum atomic E-state index is 11.7. The summed E-state index contributed by atoms with van der Waals surface area (Å²) in [6.07, 6.45) is 2.25. The minimum absolute atomic E-state index is 0.0555. The van der Waals surface area contributed by atoms with Crippen LogP contribution in [0.4, 0.5) is 4.79 Å². The first-order chi connectivity index (χ1) is 8.99. The predicted octanol–water partition coefficient (Wildman–Crippen LogP) is 0.575. The van der Waals surface area contributed by atoms with Gasteiger partial charge in [0.15, 0.2) is 5.82 Å². The highest BCUT2D eigenvalue weighted by Gasteiger charge is 2.40. The lowest BCUT2D eigenvalue weighted by molar-refractivity contribution is -0.139. The monoisotopic (exact) mass is 268 g/mol. The van der Waals surface area contributed by atoms with Crippen LogP contribution in [-0.4, -0.2) is 32.8 Å². The van der Waals surface area contributed by atoms with E-state index in [4.69, 9.17) is 9.63 Å². The van der Waals surface area contributed by atoms with Gasteiger partial charge in [0.1, 0.15) is 0 Å². The van der Waals surface area contributed by atoms with Gasteiger partial charge in [-0.3, -0.25) is 4.79 Å². The van der Waals surface area contributed by atoms with Gasteiger partial charge >= 0.3 is 12.0 Å². The SMILES string of the molecule is Cc1noc(CNC(=O)NC2(CC(=O)O)CCC2)n1. The summed E-state index contributed by atoms with van der Waals surface area (Å²) in [7, 11) is 0. The zero-order chi connectivity index (χ0) is 13.9. The van der Waals surface area contributed by atoms with Crippen molar-refractivity contribution >= 4 is 12.0 Å². The molecular weight excluding hydrogens is 252 g/mol. The lowest BCUT2D eigenvalue weighted by Crippen LogP contribution is -2.57. The Morgan fingerprint density at radius 3 is 2.68 bits per heavy atom. The maximum Gasteiger partial charge on any atom is 0.315 e. The van der Waals surface area contributed by atoms with E-state index in [1.807, 2.05) is 0 Å². The van der Waals surface area contributed by atoms with E-state index in [0.29, 0.717) is 24.6 Å². The third-order valence-electron chi connectivity index (χ3n) is 3.15. The van der Waals surface area contributed by atoms with Crippen molar-refractivity contribution in [1.82, 2.24) is 20.8 Å². The Hall–Kier alpha value is -2.12. The average molecular weight is 268 g/mol. The number of carboxylic acids is 1. The number of urea groups is 1. The molecule has 1 heterocycles. The molecule has 1 saturated carbocycles. The van der Waals surface area contributed by atoms with Crippen molar-refractivity contribution in [2.75, 3.05) is 0 Å². The zero-order valence-corrected chi connectivity index (χ0v) is 10.6. The number of amides is 2. The van der Waals surface area contributed by atoms with Crippen LogP contribution in [0, 0.1) is 6.92 Å². The van der Waals surface area contributed by atoms with Crippen LogP contribution in [0.5, 0.6) is 0 Å². The third kappa shape index (κ3) is 3.43. The number of rotatable bonds is 5. The molecule has 0 spiro atoms. The van der Waals surface area contributed by atoms with Gasteiger partial charge in [0.25, 0.3) is 0 Å². The zero-order valence-electron chi connectivity index (χ0n) is 10.6. The van der Waals surface area contributed by atoms with Crippen LogP contribution in [0.1, 0.15) is 37.4 Å². The van der Waals surface area contributed by atoms with E-state index < -0.39 is 17.5 Å². The molecular formula is C11H16N4O4. The highest BCUT2D eigenvalue weighted by Crippen LogP contribution is 2.34. The highest BCUT2D eigenvalue weighted by molar-refractivity contribution is 5.77. The maximum absolute atomic E-state index is 11.7. The molecule has 0 aliphatic heterocycles. The van der Waals surface area contributed by atoms with E-state index in [-0.39, 0.29) is 13.0 Å². The number of carboxylic acid groups (broad SMARTS) is 1. The molecule has 2 rings (SSSR count). The van der Waals surface area contributed by atoms with Crippen molar-refractivity contribution in [2.24, 2.45) is 0 Å². The lowest BCUT2D eigenvalue weighted by atomic mass is 9.74. The van der Waals surface area contributed by atoms with Crippen LogP contribution in [0.25, 0.3) is 0 Å². The van der Waals surface area contributed by atoms with Crippen molar-refractivity contribution in [2.45, 2.75) is 44.7 Å². The Balaban J connectivity index is 1.81. The topological polar surface area (TPSA) is 117 Å². The Labute approximate surface area is 109 Å². The summed E-state index contributed by atoms with van der Waals surface area (Å²) in [6.45, 7) is 1.80. The summed E-state index contributed by atoms with van der Waals surface area (Å²) in [5.74, 6) is -0.0976. The van der Waals surface area contributed by atoms with Crippen LogP contribution in [0.3, 0.4) is 0 Å². The van der Waals surface area contributed by atoms with Crippen LogP contribution in [-0.2, 0) is 11.3 Å². The third-order valence-corrected chi connectivity index (χ3v) is 3.15. The van der Waals surface area contributed by atoms with Crippen molar-refractivity contribution in [1.29, 1.82) is 0 Å². The van der Waals surface area contributed by atoms with Gasteiger partial charge in [0.2, 0.25) is 5.89 Å². The highest BCUT2D eigenvalue weighted by atomic mass is 16.5. The molecule has 0 radical (unpaired) electrons. The molecule has 0 bridgehead atoms. The molecule has 0 saturated heterocycles. The van der Waals surface area contributed by atoms with Gasteiger partial charge in [0, 0.05) is 0 Å². The van der Waals surface area contributed by atoms with Crippen molar-refractivity contribution in [3.63, 3.8) is 0 Å². The quantitative estimate of drug-likeness (QED) is 0.718. The van der Waals surface area contributed by atoms with Gasteiger partial charge in [-0.1, -0.05) is 5.16 Å². The smallest absolute Gasteiger partial charge is 0.315 e. The molecule has 3 N–H and O–H groups in total. The van der Waals surface area contributed by atoms with Crippen LogP contribution >= 0.6 is 0 Å². The lowest BCUT2D eigenvalue weighted by Gasteiger charge is -2.41. The summed E-state index contributed by atoms with van der Waals surface area (Å²) in [4.78, 5) is 26.4. The average Bonchev–Trinajstić information content (AvgIpc) is 2.69. The minimum Gasteiger partial charge on any atom is -0.481 e. The summed E-state index contributed by atoms with van der Waals surface area (Å²) in [5.41, 5.74) is -0.610. The molecule has 1 aliphatic carbocycles. The molecule has 8 nitrogen and oxygen atoms in total. The van der Waals surface area contributed by atoms with E-state index in [0.717, 1.165) is 6.42 Å². The molecule has 0 unspecified atom stereocenters. The molecule has 1 fully saturated rings. The first-order valence-corrected chi connectivity index (χ1v) is 6.06. The molecule has 104 valence electrons. The normalized spacial score (nSPS) is 16.5. The van der Waals surface area contributed by atoms with E-state index in [1.54, 1.807) is 6.92 Å². The number of nitrogens with zero attached hydrogens (tertiary/aromatic N) is 2. The van der Waals surface area contributed by atoms with Crippen molar-refractivity contribution in [3.8, 4) is 0 Å². The number of aryl methyl sites for hydroxylation is 1. The number of carbonyl (C=O) groups excluding carboxylic acids is 1. The fourth-order valence-corrected chi connectivity index (χ4v) is 2.09. The summed E-state index contributed by atoms with van der Waals surface area (Å²) >= 11 is 0. The fraction of sp³-hybridized carbons (Fsp3) is 0.636. The standard InChI is InChI=1S/C11H16N4O4/c1-7-13-8(19-15-7)6-12-10(18)14-11(3-2-4-11)5-9(16)17/h2-6H2,1H3,(H,16,17)(H2,12,14,18). The predicted molar refractivity (Wildman–Crippen MR) is 63.2 cm³/mol. The second-order valence-corrected chi connectivity index (χ2v) is 4.75. The van der Waals surface area contributed by atoms with Gasteiger partial charge in [0.05, 0.1) is 18.5 Å².